The third-order valence-corrected chi connectivity index (χ3v) is 5.08. The molecule has 0 bridgehead atoms. The molecule has 4 nitrogen and oxygen atoms in total. The molecule has 0 radical (unpaired) electrons. The maximum Gasteiger partial charge on any atom is 0.191 e. The van der Waals surface area contributed by atoms with Crippen molar-refractivity contribution in [2.24, 2.45) is 4.99 Å². The molecule has 1 aliphatic carbocycles. The minimum atomic E-state index is 0.320. The Labute approximate surface area is 137 Å². The molecule has 0 heterocycles. The van der Waals surface area contributed by atoms with Crippen LogP contribution >= 0.6 is 11.8 Å². The largest absolute Gasteiger partial charge is 0.508 e. The zero-order valence-corrected chi connectivity index (χ0v) is 14.3. The first-order chi connectivity index (χ1) is 10.7. The Hall–Kier alpha value is -1.36. The van der Waals surface area contributed by atoms with Crippen LogP contribution in [0.3, 0.4) is 0 Å². The van der Waals surface area contributed by atoms with E-state index >= 15 is 0 Å². The van der Waals surface area contributed by atoms with Gasteiger partial charge < -0.3 is 15.7 Å². The van der Waals surface area contributed by atoms with Gasteiger partial charge in [0.1, 0.15) is 5.75 Å². The number of nitrogens with zero attached hydrogens (tertiary/aromatic N) is 1. The zero-order valence-electron chi connectivity index (χ0n) is 13.5. The molecular formula is C17H27N3OS. The number of benzene rings is 1. The second kappa shape index (κ2) is 8.93. The molecule has 5 heteroatoms. The van der Waals surface area contributed by atoms with E-state index in [1.165, 1.54) is 19.3 Å². The molecule has 2 atom stereocenters. The van der Waals surface area contributed by atoms with Gasteiger partial charge in [0, 0.05) is 24.4 Å². The van der Waals surface area contributed by atoms with Crippen LogP contribution in [0.5, 0.6) is 5.75 Å². The number of rotatable bonds is 6. The summed E-state index contributed by atoms with van der Waals surface area (Å²) in [5.41, 5.74) is 1.11. The van der Waals surface area contributed by atoms with Crippen LogP contribution in [0.2, 0.25) is 0 Å². The molecule has 0 aliphatic heterocycles. The first-order valence-corrected chi connectivity index (χ1v) is 9.35. The van der Waals surface area contributed by atoms with Gasteiger partial charge in [0.25, 0.3) is 0 Å². The molecule has 1 aromatic rings. The Bertz CT molecular complexity index is 493. The number of hydrogen-bond acceptors (Lipinski definition) is 3. The van der Waals surface area contributed by atoms with Crippen LogP contribution in [-0.2, 0) is 6.42 Å². The number of hydrogen-bond donors (Lipinski definition) is 3. The minimum Gasteiger partial charge on any atom is -0.508 e. The summed E-state index contributed by atoms with van der Waals surface area (Å²) in [6.07, 6.45) is 6.77. The van der Waals surface area contributed by atoms with Crippen molar-refractivity contribution in [3.05, 3.63) is 29.8 Å². The van der Waals surface area contributed by atoms with Crippen molar-refractivity contribution in [1.82, 2.24) is 10.6 Å². The van der Waals surface area contributed by atoms with E-state index in [-0.39, 0.29) is 0 Å². The first kappa shape index (κ1) is 17.0. The average Bonchev–Trinajstić information content (AvgIpc) is 2.95. The molecule has 1 fully saturated rings. The van der Waals surface area contributed by atoms with Gasteiger partial charge in [0.15, 0.2) is 5.96 Å². The van der Waals surface area contributed by atoms with Crippen molar-refractivity contribution in [2.75, 3.05) is 19.3 Å². The van der Waals surface area contributed by atoms with Crippen LogP contribution in [0.15, 0.2) is 29.3 Å². The Morgan fingerprint density at radius 3 is 2.95 bits per heavy atom. The number of phenols is 1. The molecule has 0 aromatic heterocycles. The Morgan fingerprint density at radius 2 is 2.27 bits per heavy atom. The monoisotopic (exact) mass is 321 g/mol. The molecule has 0 amide bonds. The second-order valence-electron chi connectivity index (χ2n) is 5.69. The molecule has 0 spiro atoms. The normalized spacial score (nSPS) is 21.8. The molecule has 122 valence electrons. The second-order valence-corrected chi connectivity index (χ2v) is 6.83. The van der Waals surface area contributed by atoms with Crippen molar-refractivity contribution >= 4 is 17.7 Å². The topological polar surface area (TPSA) is 56.7 Å². The van der Waals surface area contributed by atoms with Gasteiger partial charge in [-0.25, -0.2) is 0 Å². The molecule has 2 rings (SSSR count). The number of aliphatic imine (C=N–C) groups is 1. The highest BCUT2D eigenvalue weighted by molar-refractivity contribution is 7.99. The lowest BCUT2D eigenvalue weighted by Gasteiger charge is -2.17. The van der Waals surface area contributed by atoms with Crippen molar-refractivity contribution in [2.45, 2.75) is 43.9 Å². The Kier molecular flexibility index (Phi) is 6.90. The molecular weight excluding hydrogens is 294 g/mol. The molecule has 1 aromatic carbocycles. The van der Waals surface area contributed by atoms with E-state index in [4.69, 9.17) is 0 Å². The average molecular weight is 321 g/mol. The van der Waals surface area contributed by atoms with Crippen LogP contribution < -0.4 is 10.6 Å². The predicted molar refractivity (Wildman–Crippen MR) is 95.9 cm³/mol. The number of thioether (sulfide) groups is 1. The van der Waals surface area contributed by atoms with Gasteiger partial charge in [-0.2, -0.15) is 11.8 Å². The fourth-order valence-electron chi connectivity index (χ4n) is 2.81. The summed E-state index contributed by atoms with van der Waals surface area (Å²) in [7, 11) is 0. The van der Waals surface area contributed by atoms with Gasteiger partial charge in [-0.05, 0) is 56.6 Å². The van der Waals surface area contributed by atoms with E-state index in [9.17, 15) is 5.11 Å². The summed E-state index contributed by atoms with van der Waals surface area (Å²) < 4.78 is 0. The fraction of sp³-hybridized carbons (Fsp3) is 0.588. The number of nitrogens with one attached hydrogen (secondary N) is 2. The van der Waals surface area contributed by atoms with E-state index in [0.717, 1.165) is 36.3 Å². The van der Waals surface area contributed by atoms with Gasteiger partial charge in [-0.1, -0.05) is 12.1 Å². The fourth-order valence-corrected chi connectivity index (χ4v) is 3.60. The third-order valence-electron chi connectivity index (χ3n) is 3.98. The van der Waals surface area contributed by atoms with Crippen molar-refractivity contribution < 1.29 is 5.11 Å². The number of aromatic hydroxyl groups is 1. The maximum absolute atomic E-state index is 9.48. The SMILES string of the molecule is CCNC(=NCCc1cccc(O)c1)NC1CCC(SC)C1. The first-order valence-electron chi connectivity index (χ1n) is 8.06. The third kappa shape index (κ3) is 5.44. The van der Waals surface area contributed by atoms with Gasteiger partial charge in [0.05, 0.1) is 0 Å². The molecule has 0 saturated heterocycles. The zero-order chi connectivity index (χ0) is 15.8. The van der Waals surface area contributed by atoms with E-state index in [1.807, 2.05) is 23.9 Å². The maximum atomic E-state index is 9.48. The summed E-state index contributed by atoms with van der Waals surface area (Å²) >= 11 is 1.97. The van der Waals surface area contributed by atoms with Crippen molar-refractivity contribution in [1.29, 1.82) is 0 Å². The summed E-state index contributed by atoms with van der Waals surface area (Å²) in [6, 6.07) is 7.93. The van der Waals surface area contributed by atoms with E-state index in [0.29, 0.717) is 11.8 Å². The standard InChI is InChI=1S/C17H27N3OS/c1-3-18-17(20-14-7-8-16(12-14)22-2)19-10-9-13-5-4-6-15(21)11-13/h4-6,11,14,16,21H,3,7-10,12H2,1-2H3,(H2,18,19,20). The summed E-state index contributed by atoms with van der Waals surface area (Å²) in [5, 5.41) is 17.1. The highest BCUT2D eigenvalue weighted by Gasteiger charge is 2.24. The summed E-state index contributed by atoms with van der Waals surface area (Å²) in [4.78, 5) is 4.66. The van der Waals surface area contributed by atoms with Gasteiger partial charge in [-0.15, -0.1) is 0 Å². The minimum absolute atomic E-state index is 0.320. The molecule has 3 N–H and O–H groups in total. The molecule has 1 saturated carbocycles. The summed E-state index contributed by atoms with van der Waals surface area (Å²) in [5.74, 6) is 1.23. The highest BCUT2D eigenvalue weighted by Crippen LogP contribution is 2.28. The quantitative estimate of drug-likeness (QED) is 0.557. The molecule has 1 aliphatic rings. The van der Waals surface area contributed by atoms with Gasteiger partial charge in [0.2, 0.25) is 0 Å². The van der Waals surface area contributed by atoms with Crippen LogP contribution in [0.25, 0.3) is 0 Å². The van der Waals surface area contributed by atoms with Crippen LogP contribution in [-0.4, -0.2) is 41.7 Å². The van der Waals surface area contributed by atoms with Gasteiger partial charge in [-0.3, -0.25) is 4.99 Å². The van der Waals surface area contributed by atoms with Crippen LogP contribution in [0, 0.1) is 0 Å². The molecule has 2 unspecified atom stereocenters. The highest BCUT2D eigenvalue weighted by atomic mass is 32.2. The van der Waals surface area contributed by atoms with E-state index in [1.54, 1.807) is 12.1 Å². The Balaban J connectivity index is 1.84. The predicted octanol–water partition coefficient (Wildman–Crippen LogP) is 2.77. The van der Waals surface area contributed by atoms with E-state index in [2.05, 4.69) is 28.8 Å². The lowest BCUT2D eigenvalue weighted by Crippen LogP contribution is -2.42. The van der Waals surface area contributed by atoms with Crippen LogP contribution in [0.4, 0.5) is 0 Å². The summed E-state index contributed by atoms with van der Waals surface area (Å²) in [6.45, 7) is 3.68. The number of phenolic OH excluding ortho intramolecular Hbond substituents is 1. The van der Waals surface area contributed by atoms with Crippen molar-refractivity contribution in [3.63, 3.8) is 0 Å². The van der Waals surface area contributed by atoms with Gasteiger partial charge >= 0.3 is 0 Å². The smallest absolute Gasteiger partial charge is 0.191 e. The lowest BCUT2D eigenvalue weighted by atomic mass is 10.1. The number of guanidine groups is 1. The van der Waals surface area contributed by atoms with Crippen molar-refractivity contribution in [3.8, 4) is 5.75 Å². The Morgan fingerprint density at radius 1 is 1.41 bits per heavy atom. The lowest BCUT2D eigenvalue weighted by molar-refractivity contribution is 0.474. The molecule has 22 heavy (non-hydrogen) atoms. The van der Waals surface area contributed by atoms with E-state index < -0.39 is 0 Å². The van der Waals surface area contributed by atoms with Crippen LogP contribution in [0.1, 0.15) is 31.7 Å².